The third-order valence-electron chi connectivity index (χ3n) is 17.7. The van der Waals surface area contributed by atoms with Gasteiger partial charge in [-0.2, -0.15) is 0 Å². The fourth-order valence-electron chi connectivity index (χ4n) is 12.0. The predicted molar refractivity (Wildman–Crippen MR) is 367 cm³/mol. The second kappa shape index (κ2) is 74.4. The van der Waals surface area contributed by atoms with Gasteiger partial charge in [0.1, 0.15) is 6.61 Å². The highest BCUT2D eigenvalue weighted by atomic mass is 16.6. The van der Waals surface area contributed by atoms with Crippen LogP contribution in [0.2, 0.25) is 0 Å². The summed E-state index contributed by atoms with van der Waals surface area (Å²) >= 11 is 0. The minimum atomic E-state index is -0.772. The average molecular weight is 1170 g/mol. The summed E-state index contributed by atoms with van der Waals surface area (Å²) in [6, 6.07) is 0. The van der Waals surface area contributed by atoms with Gasteiger partial charge in [0.15, 0.2) is 6.10 Å². The lowest BCUT2D eigenvalue weighted by molar-refractivity contribution is -0.161. The molecule has 0 heterocycles. The quantitative estimate of drug-likeness (QED) is 0.0373. The lowest BCUT2D eigenvalue weighted by Crippen LogP contribution is -2.28. The zero-order valence-electron chi connectivity index (χ0n) is 56.5. The average Bonchev–Trinajstić information content (AvgIpc) is 3.49. The van der Waals surface area contributed by atoms with Crippen molar-refractivity contribution in [1.82, 2.24) is 0 Å². The van der Waals surface area contributed by atoms with Crippen LogP contribution < -0.4 is 0 Å². The molecule has 0 radical (unpaired) electrons. The van der Waals surface area contributed by atoms with E-state index >= 15 is 0 Å². The van der Waals surface area contributed by atoms with Crippen LogP contribution in [0.1, 0.15) is 431 Å². The summed E-state index contributed by atoms with van der Waals surface area (Å²) < 4.78 is 10.8. The van der Waals surface area contributed by atoms with Gasteiger partial charge in [0.05, 0.1) is 6.61 Å². The van der Waals surface area contributed by atoms with Crippen LogP contribution in [0.5, 0.6) is 0 Å². The SMILES string of the molecule is CCCCCCC/C=C\C/C=C\C/C=C\CCCCCCCCCCCCCCCCC(=O)OC(CO)COC(=O)CCCCCCCCCCCCCCCCCCCCCCCCCCCCCCCCCCCCCCCCCC. The molecule has 5 heteroatoms. The van der Waals surface area contributed by atoms with Crippen LogP contribution in [-0.4, -0.2) is 36.4 Å². The smallest absolute Gasteiger partial charge is 0.306 e. The largest absolute Gasteiger partial charge is 0.462 e. The van der Waals surface area contributed by atoms with Gasteiger partial charge < -0.3 is 14.6 Å². The summed E-state index contributed by atoms with van der Waals surface area (Å²) in [4.78, 5) is 24.7. The van der Waals surface area contributed by atoms with Gasteiger partial charge in [-0.1, -0.05) is 403 Å². The van der Waals surface area contributed by atoms with Crippen molar-refractivity contribution < 1.29 is 24.2 Å². The molecule has 5 nitrogen and oxygen atoms in total. The van der Waals surface area contributed by atoms with Crippen molar-refractivity contribution in [3.05, 3.63) is 36.5 Å². The summed E-state index contributed by atoms with van der Waals surface area (Å²) in [5, 5.41) is 9.71. The number of rotatable bonds is 72. The first-order chi connectivity index (χ1) is 41.1. The third kappa shape index (κ3) is 72.5. The third-order valence-corrected chi connectivity index (χ3v) is 17.7. The first-order valence-electron chi connectivity index (χ1n) is 38.0. The minimum Gasteiger partial charge on any atom is -0.462 e. The summed E-state index contributed by atoms with van der Waals surface area (Å²) in [5.74, 6) is -0.567. The molecule has 1 N–H and O–H groups in total. The van der Waals surface area contributed by atoms with E-state index < -0.39 is 6.10 Å². The molecule has 0 bridgehead atoms. The Hall–Kier alpha value is -1.88. The molecule has 490 valence electrons. The Kier molecular flexibility index (Phi) is 72.7. The maximum absolute atomic E-state index is 12.4. The number of esters is 2. The van der Waals surface area contributed by atoms with Crippen molar-refractivity contribution in [3.8, 4) is 0 Å². The highest BCUT2D eigenvalue weighted by Crippen LogP contribution is 2.20. The van der Waals surface area contributed by atoms with Gasteiger partial charge in [-0.3, -0.25) is 9.59 Å². The molecule has 1 unspecified atom stereocenters. The highest BCUT2D eigenvalue weighted by molar-refractivity contribution is 5.70. The molecule has 1 atom stereocenters. The van der Waals surface area contributed by atoms with E-state index in [-0.39, 0.29) is 25.2 Å². The Bertz CT molecular complexity index is 1320. The van der Waals surface area contributed by atoms with Gasteiger partial charge in [0.2, 0.25) is 0 Å². The van der Waals surface area contributed by atoms with Crippen molar-refractivity contribution in [1.29, 1.82) is 0 Å². The van der Waals surface area contributed by atoms with Crippen LogP contribution >= 0.6 is 0 Å². The fourth-order valence-corrected chi connectivity index (χ4v) is 12.0. The molecule has 0 amide bonds. The number of aliphatic hydroxyl groups is 1. The second-order valence-electron chi connectivity index (χ2n) is 26.1. The van der Waals surface area contributed by atoms with E-state index in [1.54, 1.807) is 0 Å². The van der Waals surface area contributed by atoms with Crippen LogP contribution in [-0.2, 0) is 19.1 Å². The molecule has 0 aliphatic carbocycles. The van der Waals surface area contributed by atoms with Gasteiger partial charge in [-0.25, -0.2) is 0 Å². The Morgan fingerprint density at radius 3 is 0.723 bits per heavy atom. The molecular weight excluding hydrogens is 1020 g/mol. The van der Waals surface area contributed by atoms with Crippen molar-refractivity contribution in [3.63, 3.8) is 0 Å². The van der Waals surface area contributed by atoms with Gasteiger partial charge in [-0.15, -0.1) is 0 Å². The monoisotopic (exact) mass is 1170 g/mol. The molecule has 0 aliphatic rings. The van der Waals surface area contributed by atoms with E-state index in [0.29, 0.717) is 12.8 Å². The summed E-state index contributed by atoms with van der Waals surface area (Å²) in [5.41, 5.74) is 0. The van der Waals surface area contributed by atoms with Crippen molar-refractivity contribution >= 4 is 11.9 Å². The number of aliphatic hydroxyl groups excluding tert-OH is 1. The molecule has 0 aromatic heterocycles. The van der Waals surface area contributed by atoms with Crippen molar-refractivity contribution in [2.24, 2.45) is 0 Å². The van der Waals surface area contributed by atoms with E-state index in [2.05, 4.69) is 50.3 Å². The standard InChI is InChI=1S/C78H148O5/c1-3-5-7-9-11-13-15-17-19-21-23-25-27-29-31-33-34-35-36-37-38-39-40-41-42-43-45-46-48-50-52-54-56-58-60-62-64-66-68-70-72-77(80)82-75-76(74-79)83-78(81)73-71-69-67-65-63-61-59-57-55-53-51-49-47-44-32-30-28-26-24-22-20-18-16-14-12-10-8-6-4-2/h16,18,22,24,28,30,76,79H,3-15,17,19-21,23,25-27,29,31-75H2,1-2H3/b18-16-,24-22-,30-28-. The molecule has 0 saturated carbocycles. The van der Waals surface area contributed by atoms with Gasteiger partial charge in [-0.05, 0) is 51.4 Å². The molecule has 0 aliphatic heterocycles. The maximum Gasteiger partial charge on any atom is 0.306 e. The Morgan fingerprint density at radius 1 is 0.277 bits per heavy atom. The molecule has 0 spiro atoms. The summed E-state index contributed by atoms with van der Waals surface area (Å²) in [6.45, 7) is 4.20. The number of hydrogen-bond donors (Lipinski definition) is 1. The lowest BCUT2D eigenvalue weighted by atomic mass is 10.0. The number of carbonyl (C=O) groups excluding carboxylic acids is 2. The van der Waals surface area contributed by atoms with E-state index in [4.69, 9.17) is 9.47 Å². The second-order valence-corrected chi connectivity index (χ2v) is 26.1. The molecule has 0 saturated heterocycles. The molecule has 83 heavy (non-hydrogen) atoms. The number of ether oxygens (including phenoxy) is 2. The number of allylic oxidation sites excluding steroid dienone is 6. The Balaban J connectivity index is 3.36. The van der Waals surface area contributed by atoms with Crippen molar-refractivity contribution in [2.75, 3.05) is 13.2 Å². The summed E-state index contributed by atoms with van der Waals surface area (Å²) in [7, 11) is 0. The van der Waals surface area contributed by atoms with E-state index in [1.165, 1.54) is 360 Å². The molecule has 0 aromatic carbocycles. The van der Waals surface area contributed by atoms with Crippen LogP contribution in [0.25, 0.3) is 0 Å². The zero-order chi connectivity index (χ0) is 59.8. The normalized spacial score (nSPS) is 12.3. The topological polar surface area (TPSA) is 72.8 Å². The fraction of sp³-hybridized carbons (Fsp3) is 0.897. The first-order valence-corrected chi connectivity index (χ1v) is 38.0. The number of hydrogen-bond acceptors (Lipinski definition) is 5. The Morgan fingerprint density at radius 2 is 0.482 bits per heavy atom. The number of unbranched alkanes of at least 4 members (excludes halogenated alkanes) is 58. The van der Waals surface area contributed by atoms with E-state index in [0.717, 1.165) is 44.9 Å². The highest BCUT2D eigenvalue weighted by Gasteiger charge is 2.16. The zero-order valence-corrected chi connectivity index (χ0v) is 56.5. The minimum absolute atomic E-state index is 0.0603. The molecule has 0 aromatic rings. The van der Waals surface area contributed by atoms with Gasteiger partial charge in [0.25, 0.3) is 0 Å². The summed E-state index contributed by atoms with van der Waals surface area (Å²) in [6.07, 6.45) is 99.4. The van der Waals surface area contributed by atoms with E-state index in [1.807, 2.05) is 0 Å². The first kappa shape index (κ1) is 81.1. The van der Waals surface area contributed by atoms with Crippen LogP contribution in [0.4, 0.5) is 0 Å². The van der Waals surface area contributed by atoms with Crippen LogP contribution in [0.3, 0.4) is 0 Å². The van der Waals surface area contributed by atoms with Gasteiger partial charge >= 0.3 is 11.9 Å². The lowest BCUT2D eigenvalue weighted by Gasteiger charge is -2.15. The molecule has 0 fully saturated rings. The van der Waals surface area contributed by atoms with Crippen molar-refractivity contribution in [2.45, 2.75) is 437 Å². The molecular formula is C78H148O5. The van der Waals surface area contributed by atoms with Crippen LogP contribution in [0, 0.1) is 0 Å². The predicted octanol–water partition coefficient (Wildman–Crippen LogP) is 26.5. The number of carbonyl (C=O) groups is 2. The molecule has 0 rings (SSSR count). The maximum atomic E-state index is 12.4. The van der Waals surface area contributed by atoms with E-state index in [9.17, 15) is 14.7 Å². The van der Waals surface area contributed by atoms with Crippen LogP contribution in [0.15, 0.2) is 36.5 Å². The Labute approximate surface area is 520 Å². The van der Waals surface area contributed by atoms with Gasteiger partial charge in [0, 0.05) is 12.8 Å².